The van der Waals surface area contributed by atoms with Crippen LogP contribution in [0.1, 0.15) is 31.0 Å². The molecule has 100 valence electrons. The third kappa shape index (κ3) is 2.22. The van der Waals surface area contributed by atoms with Gasteiger partial charge in [-0.25, -0.2) is 0 Å². The van der Waals surface area contributed by atoms with Gasteiger partial charge < -0.3 is 20.4 Å². The van der Waals surface area contributed by atoms with Gasteiger partial charge in [0.1, 0.15) is 5.69 Å². The molecule has 5 heteroatoms. The Morgan fingerprint density at radius 1 is 1.50 bits per heavy atom. The van der Waals surface area contributed by atoms with E-state index in [-0.39, 0.29) is 11.3 Å². The van der Waals surface area contributed by atoms with Gasteiger partial charge in [0.15, 0.2) is 0 Å². The minimum absolute atomic E-state index is 0.0682. The molecule has 0 radical (unpaired) electrons. The lowest BCUT2D eigenvalue weighted by Gasteiger charge is -2.16. The Morgan fingerprint density at radius 2 is 2.28 bits per heavy atom. The molecule has 18 heavy (non-hydrogen) atoms. The molecule has 3 N–H and O–H groups in total. The predicted molar refractivity (Wildman–Crippen MR) is 72.8 cm³/mol. The number of rotatable bonds is 3. The summed E-state index contributed by atoms with van der Waals surface area (Å²) in [6.07, 6.45) is 0.831. The van der Waals surface area contributed by atoms with Crippen molar-refractivity contribution in [3.63, 3.8) is 0 Å². The van der Waals surface area contributed by atoms with E-state index in [0.717, 1.165) is 30.8 Å². The van der Waals surface area contributed by atoms with E-state index >= 15 is 0 Å². The third-order valence-electron chi connectivity index (χ3n) is 3.34. The standard InChI is InChI=1S/C13H21N3O2/c1-4-15-11-12(17)10-8(2)7-14-6-5-9(10)16-13(11)18-3/h8,14-15H,4-7H2,1-3H3,(H,16,17). The summed E-state index contributed by atoms with van der Waals surface area (Å²) in [6.45, 7) is 6.47. The van der Waals surface area contributed by atoms with E-state index in [4.69, 9.17) is 4.74 Å². The van der Waals surface area contributed by atoms with Crippen LogP contribution in [0.5, 0.6) is 5.88 Å². The molecule has 1 aliphatic rings. The van der Waals surface area contributed by atoms with Gasteiger partial charge in [0.2, 0.25) is 11.3 Å². The zero-order chi connectivity index (χ0) is 13.1. The maximum atomic E-state index is 12.6. The third-order valence-corrected chi connectivity index (χ3v) is 3.34. The van der Waals surface area contributed by atoms with Crippen LogP contribution in [0.2, 0.25) is 0 Å². The lowest BCUT2D eigenvalue weighted by Crippen LogP contribution is -2.23. The fraction of sp³-hybridized carbons (Fsp3) is 0.615. The molecular formula is C13H21N3O2. The molecule has 1 aromatic heterocycles. The van der Waals surface area contributed by atoms with E-state index in [1.807, 2.05) is 6.92 Å². The normalized spacial score (nSPS) is 18.9. The highest BCUT2D eigenvalue weighted by Gasteiger charge is 2.22. The number of aromatic nitrogens is 1. The van der Waals surface area contributed by atoms with Crippen molar-refractivity contribution in [2.45, 2.75) is 26.2 Å². The first-order valence-electron chi connectivity index (χ1n) is 6.46. The van der Waals surface area contributed by atoms with Crippen LogP contribution in [0.3, 0.4) is 0 Å². The number of aromatic amines is 1. The summed E-state index contributed by atoms with van der Waals surface area (Å²) in [7, 11) is 1.58. The van der Waals surface area contributed by atoms with Gasteiger partial charge in [0.05, 0.1) is 7.11 Å². The zero-order valence-electron chi connectivity index (χ0n) is 11.2. The van der Waals surface area contributed by atoms with E-state index in [2.05, 4.69) is 22.5 Å². The summed E-state index contributed by atoms with van der Waals surface area (Å²) in [5, 5.41) is 6.44. The van der Waals surface area contributed by atoms with Crippen LogP contribution in [-0.4, -0.2) is 31.7 Å². The van der Waals surface area contributed by atoms with Crippen LogP contribution >= 0.6 is 0 Å². The van der Waals surface area contributed by atoms with Crippen molar-refractivity contribution < 1.29 is 4.74 Å². The molecule has 1 atom stereocenters. The molecule has 5 nitrogen and oxygen atoms in total. The topological polar surface area (TPSA) is 66.1 Å². The maximum absolute atomic E-state index is 12.6. The van der Waals surface area contributed by atoms with Gasteiger partial charge in [0, 0.05) is 37.3 Å². The summed E-state index contributed by atoms with van der Waals surface area (Å²) in [5.74, 6) is 0.754. The maximum Gasteiger partial charge on any atom is 0.218 e. The van der Waals surface area contributed by atoms with Crippen LogP contribution in [-0.2, 0) is 6.42 Å². The SMILES string of the molecule is CCNc1c(OC)[nH]c2c(c1=O)C(C)CNCC2. The molecule has 1 aromatic rings. The number of nitrogens with one attached hydrogen (secondary N) is 3. The van der Waals surface area contributed by atoms with E-state index in [1.54, 1.807) is 7.11 Å². The van der Waals surface area contributed by atoms with Gasteiger partial charge >= 0.3 is 0 Å². The van der Waals surface area contributed by atoms with Crippen LogP contribution in [0.15, 0.2) is 4.79 Å². The molecule has 2 heterocycles. The Kier molecular flexibility index (Phi) is 3.91. The first kappa shape index (κ1) is 13.0. The van der Waals surface area contributed by atoms with Crippen molar-refractivity contribution >= 4 is 5.69 Å². The monoisotopic (exact) mass is 251 g/mol. The van der Waals surface area contributed by atoms with E-state index in [1.165, 1.54) is 0 Å². The smallest absolute Gasteiger partial charge is 0.218 e. The quantitative estimate of drug-likeness (QED) is 0.751. The van der Waals surface area contributed by atoms with Crippen LogP contribution in [0, 0.1) is 0 Å². The first-order chi connectivity index (χ1) is 8.69. The van der Waals surface area contributed by atoms with E-state index < -0.39 is 0 Å². The molecule has 2 rings (SSSR count). The molecule has 0 amide bonds. The molecule has 0 bridgehead atoms. The molecule has 0 aliphatic carbocycles. The van der Waals surface area contributed by atoms with Crippen molar-refractivity contribution in [3.8, 4) is 5.88 Å². The second-order valence-electron chi connectivity index (χ2n) is 4.64. The minimum Gasteiger partial charge on any atom is -0.481 e. The average Bonchev–Trinajstić information content (AvgIpc) is 2.54. The Labute approximate surface area is 107 Å². The van der Waals surface area contributed by atoms with Gasteiger partial charge in [-0.1, -0.05) is 6.92 Å². The van der Waals surface area contributed by atoms with E-state index in [0.29, 0.717) is 18.1 Å². The molecule has 0 saturated heterocycles. The largest absolute Gasteiger partial charge is 0.481 e. The Balaban J connectivity index is 2.60. The van der Waals surface area contributed by atoms with Crippen molar-refractivity contribution in [2.24, 2.45) is 0 Å². The van der Waals surface area contributed by atoms with Crippen LogP contribution in [0.4, 0.5) is 5.69 Å². The summed E-state index contributed by atoms with van der Waals surface area (Å²) in [4.78, 5) is 15.8. The van der Waals surface area contributed by atoms with Gasteiger partial charge in [-0.3, -0.25) is 4.79 Å². The van der Waals surface area contributed by atoms with Crippen molar-refractivity contribution in [1.29, 1.82) is 0 Å². The number of hydrogen-bond acceptors (Lipinski definition) is 4. The zero-order valence-corrected chi connectivity index (χ0v) is 11.2. The lowest BCUT2D eigenvalue weighted by atomic mass is 9.98. The fourth-order valence-electron chi connectivity index (χ4n) is 2.48. The summed E-state index contributed by atoms with van der Waals surface area (Å²) in [5.41, 5.74) is 2.50. The summed E-state index contributed by atoms with van der Waals surface area (Å²) >= 11 is 0. The summed E-state index contributed by atoms with van der Waals surface area (Å²) in [6, 6.07) is 0. The summed E-state index contributed by atoms with van der Waals surface area (Å²) < 4.78 is 5.28. The number of ether oxygens (including phenoxy) is 1. The fourth-order valence-corrected chi connectivity index (χ4v) is 2.48. The number of anilines is 1. The molecule has 0 aromatic carbocycles. The second kappa shape index (κ2) is 5.44. The molecule has 0 saturated carbocycles. The molecule has 0 spiro atoms. The van der Waals surface area contributed by atoms with Crippen molar-refractivity contribution in [2.75, 3.05) is 32.1 Å². The van der Waals surface area contributed by atoms with Crippen LogP contribution < -0.4 is 20.8 Å². The lowest BCUT2D eigenvalue weighted by molar-refractivity contribution is 0.397. The number of fused-ring (bicyclic) bond motifs is 1. The Bertz CT molecular complexity index is 482. The number of H-pyrrole nitrogens is 1. The number of methoxy groups -OCH3 is 1. The molecule has 0 fully saturated rings. The average molecular weight is 251 g/mol. The Morgan fingerprint density at radius 3 is 2.94 bits per heavy atom. The number of pyridine rings is 1. The van der Waals surface area contributed by atoms with Crippen molar-refractivity contribution in [1.82, 2.24) is 10.3 Å². The highest BCUT2D eigenvalue weighted by Crippen LogP contribution is 2.25. The highest BCUT2D eigenvalue weighted by molar-refractivity contribution is 5.56. The van der Waals surface area contributed by atoms with Gasteiger partial charge in [-0.2, -0.15) is 0 Å². The second-order valence-corrected chi connectivity index (χ2v) is 4.64. The van der Waals surface area contributed by atoms with Gasteiger partial charge in [-0.05, 0) is 12.8 Å². The van der Waals surface area contributed by atoms with Gasteiger partial charge in [-0.15, -0.1) is 0 Å². The Hall–Kier alpha value is -1.49. The molecule has 1 unspecified atom stereocenters. The van der Waals surface area contributed by atoms with Gasteiger partial charge in [0.25, 0.3) is 0 Å². The highest BCUT2D eigenvalue weighted by atomic mass is 16.5. The molecular weight excluding hydrogens is 230 g/mol. The minimum atomic E-state index is 0.0682. The van der Waals surface area contributed by atoms with E-state index in [9.17, 15) is 4.79 Å². The predicted octanol–water partition coefficient (Wildman–Crippen LogP) is 1.06. The number of hydrogen-bond donors (Lipinski definition) is 3. The van der Waals surface area contributed by atoms with Crippen LogP contribution in [0.25, 0.3) is 0 Å². The molecule has 1 aliphatic heterocycles. The van der Waals surface area contributed by atoms with Crippen molar-refractivity contribution in [3.05, 3.63) is 21.5 Å². The first-order valence-corrected chi connectivity index (χ1v) is 6.46.